The fourth-order valence-corrected chi connectivity index (χ4v) is 2.28. The Balaban J connectivity index is 2.09. The molecule has 1 unspecified atom stereocenters. The molecule has 0 aliphatic carbocycles. The lowest BCUT2D eigenvalue weighted by atomic mass is 10.3. The molecule has 4 heteroatoms. The van der Waals surface area contributed by atoms with Gasteiger partial charge in [0, 0.05) is 29.5 Å². The first kappa shape index (κ1) is 13.6. The average molecular weight is 243 g/mol. The molecule has 0 aliphatic rings. The molecule has 0 aliphatic heterocycles. The first-order valence-corrected chi connectivity index (χ1v) is 6.42. The van der Waals surface area contributed by atoms with E-state index in [1.807, 2.05) is 11.3 Å². The predicted molar refractivity (Wildman–Crippen MR) is 68.2 cm³/mol. The molecule has 1 aromatic rings. The number of aryl methyl sites for hydroxylation is 1. The van der Waals surface area contributed by atoms with Gasteiger partial charge in [-0.05, 0) is 26.0 Å². The van der Waals surface area contributed by atoms with Gasteiger partial charge in [0.15, 0.2) is 0 Å². The van der Waals surface area contributed by atoms with Crippen LogP contribution < -0.4 is 5.32 Å². The van der Waals surface area contributed by atoms with E-state index in [1.54, 1.807) is 7.11 Å². The second kappa shape index (κ2) is 7.79. The number of methoxy groups -OCH3 is 1. The molecule has 3 nitrogen and oxygen atoms in total. The van der Waals surface area contributed by atoms with Crippen molar-refractivity contribution < 1.29 is 9.47 Å². The summed E-state index contributed by atoms with van der Waals surface area (Å²) < 4.78 is 10.3. The Labute approximate surface area is 102 Å². The summed E-state index contributed by atoms with van der Waals surface area (Å²) in [7, 11) is 1.68. The minimum absolute atomic E-state index is 0.407. The van der Waals surface area contributed by atoms with Crippen LogP contribution in [0.25, 0.3) is 0 Å². The normalized spacial score (nSPS) is 12.9. The van der Waals surface area contributed by atoms with Crippen molar-refractivity contribution in [2.45, 2.75) is 19.9 Å². The van der Waals surface area contributed by atoms with Gasteiger partial charge in [0.25, 0.3) is 0 Å². The SMILES string of the molecule is COCCOCCNC(C)c1ccc(C)s1. The number of thiophene rings is 1. The van der Waals surface area contributed by atoms with Gasteiger partial charge in [0.05, 0.1) is 19.8 Å². The highest BCUT2D eigenvalue weighted by atomic mass is 32.1. The Morgan fingerprint density at radius 3 is 2.75 bits per heavy atom. The van der Waals surface area contributed by atoms with Crippen molar-refractivity contribution in [3.63, 3.8) is 0 Å². The summed E-state index contributed by atoms with van der Waals surface area (Å²) in [6.45, 7) is 7.26. The van der Waals surface area contributed by atoms with E-state index < -0.39 is 0 Å². The van der Waals surface area contributed by atoms with Gasteiger partial charge in [-0.25, -0.2) is 0 Å². The molecule has 1 aromatic heterocycles. The zero-order valence-electron chi connectivity index (χ0n) is 10.3. The van der Waals surface area contributed by atoms with Crippen molar-refractivity contribution in [1.82, 2.24) is 5.32 Å². The fourth-order valence-electron chi connectivity index (χ4n) is 1.38. The Kier molecular flexibility index (Phi) is 6.64. The Bertz CT molecular complexity index is 288. The lowest BCUT2D eigenvalue weighted by molar-refractivity contribution is 0.0712. The summed E-state index contributed by atoms with van der Waals surface area (Å²) in [6, 6.07) is 4.75. The molecule has 0 saturated carbocycles. The van der Waals surface area contributed by atoms with Crippen molar-refractivity contribution in [1.29, 1.82) is 0 Å². The van der Waals surface area contributed by atoms with E-state index in [0.717, 1.165) is 13.2 Å². The molecule has 1 N–H and O–H groups in total. The maximum Gasteiger partial charge on any atom is 0.0700 e. The van der Waals surface area contributed by atoms with Gasteiger partial charge in [0.1, 0.15) is 0 Å². The number of rotatable bonds is 8. The summed E-state index contributed by atoms with van der Waals surface area (Å²) in [5.41, 5.74) is 0. The summed E-state index contributed by atoms with van der Waals surface area (Å²) in [6.07, 6.45) is 0. The highest BCUT2D eigenvalue weighted by Gasteiger charge is 2.05. The van der Waals surface area contributed by atoms with Crippen LogP contribution in [0.2, 0.25) is 0 Å². The maximum atomic E-state index is 5.38. The molecule has 0 bridgehead atoms. The number of nitrogens with one attached hydrogen (secondary N) is 1. The minimum Gasteiger partial charge on any atom is -0.382 e. The van der Waals surface area contributed by atoms with Crippen LogP contribution in [0.4, 0.5) is 0 Å². The molecule has 0 aromatic carbocycles. The third-order valence-electron chi connectivity index (χ3n) is 2.32. The number of hydrogen-bond donors (Lipinski definition) is 1. The first-order chi connectivity index (χ1) is 7.74. The van der Waals surface area contributed by atoms with Crippen molar-refractivity contribution in [2.24, 2.45) is 0 Å². The topological polar surface area (TPSA) is 30.5 Å². The number of ether oxygens (including phenoxy) is 2. The zero-order chi connectivity index (χ0) is 11.8. The van der Waals surface area contributed by atoms with E-state index in [1.165, 1.54) is 9.75 Å². The number of hydrogen-bond acceptors (Lipinski definition) is 4. The van der Waals surface area contributed by atoms with Crippen LogP contribution in [-0.2, 0) is 9.47 Å². The molecule has 1 atom stereocenters. The molecular formula is C12H21NO2S. The standard InChI is InChI=1S/C12H21NO2S/c1-10-4-5-12(16-10)11(2)13-6-7-15-9-8-14-3/h4-5,11,13H,6-9H2,1-3H3. The summed E-state index contributed by atoms with van der Waals surface area (Å²) in [5, 5.41) is 3.43. The maximum absolute atomic E-state index is 5.38. The first-order valence-electron chi connectivity index (χ1n) is 5.60. The monoisotopic (exact) mass is 243 g/mol. The Morgan fingerprint density at radius 1 is 1.31 bits per heavy atom. The molecule has 92 valence electrons. The van der Waals surface area contributed by atoms with Crippen molar-refractivity contribution >= 4 is 11.3 Å². The third-order valence-corrected chi connectivity index (χ3v) is 3.50. The highest BCUT2D eigenvalue weighted by Crippen LogP contribution is 2.21. The molecule has 1 heterocycles. The smallest absolute Gasteiger partial charge is 0.0700 e. The van der Waals surface area contributed by atoms with Crippen LogP contribution in [0, 0.1) is 6.92 Å². The van der Waals surface area contributed by atoms with Gasteiger partial charge in [0.2, 0.25) is 0 Å². The lowest BCUT2D eigenvalue weighted by Crippen LogP contribution is -2.23. The van der Waals surface area contributed by atoms with E-state index >= 15 is 0 Å². The van der Waals surface area contributed by atoms with Gasteiger partial charge in [-0.1, -0.05) is 0 Å². The molecular weight excluding hydrogens is 222 g/mol. The summed E-state index contributed by atoms with van der Waals surface area (Å²) in [5.74, 6) is 0. The van der Waals surface area contributed by atoms with Gasteiger partial charge in [-0.3, -0.25) is 0 Å². The lowest BCUT2D eigenvalue weighted by Gasteiger charge is -2.12. The van der Waals surface area contributed by atoms with Crippen LogP contribution in [0.1, 0.15) is 22.7 Å². The van der Waals surface area contributed by atoms with Gasteiger partial charge >= 0.3 is 0 Å². The van der Waals surface area contributed by atoms with Gasteiger partial charge in [-0.2, -0.15) is 0 Å². The van der Waals surface area contributed by atoms with E-state index in [2.05, 4.69) is 31.3 Å². The van der Waals surface area contributed by atoms with Crippen LogP contribution in [-0.4, -0.2) is 33.5 Å². The molecule has 0 spiro atoms. The van der Waals surface area contributed by atoms with Crippen molar-refractivity contribution in [2.75, 3.05) is 33.5 Å². The molecule has 1 rings (SSSR count). The van der Waals surface area contributed by atoms with E-state index in [0.29, 0.717) is 19.3 Å². The van der Waals surface area contributed by atoms with E-state index in [9.17, 15) is 0 Å². The van der Waals surface area contributed by atoms with Crippen LogP contribution in [0.5, 0.6) is 0 Å². The average Bonchev–Trinajstić information content (AvgIpc) is 2.70. The third kappa shape index (κ3) is 5.07. The second-order valence-electron chi connectivity index (χ2n) is 3.73. The predicted octanol–water partition coefficient (Wildman–Crippen LogP) is 2.37. The highest BCUT2D eigenvalue weighted by molar-refractivity contribution is 7.12. The second-order valence-corrected chi connectivity index (χ2v) is 5.05. The minimum atomic E-state index is 0.407. The van der Waals surface area contributed by atoms with Crippen LogP contribution in [0.15, 0.2) is 12.1 Å². The van der Waals surface area contributed by atoms with Crippen molar-refractivity contribution in [3.05, 3.63) is 21.9 Å². The van der Waals surface area contributed by atoms with E-state index in [-0.39, 0.29) is 0 Å². The fraction of sp³-hybridized carbons (Fsp3) is 0.667. The summed E-state index contributed by atoms with van der Waals surface area (Å²) in [4.78, 5) is 2.74. The summed E-state index contributed by atoms with van der Waals surface area (Å²) >= 11 is 1.84. The molecule has 0 fully saturated rings. The quantitative estimate of drug-likeness (QED) is 0.711. The largest absolute Gasteiger partial charge is 0.382 e. The van der Waals surface area contributed by atoms with E-state index in [4.69, 9.17) is 9.47 Å². The van der Waals surface area contributed by atoms with Gasteiger partial charge < -0.3 is 14.8 Å². The Morgan fingerprint density at radius 2 is 2.12 bits per heavy atom. The Hall–Kier alpha value is -0.420. The molecule has 16 heavy (non-hydrogen) atoms. The zero-order valence-corrected chi connectivity index (χ0v) is 11.1. The molecule has 0 radical (unpaired) electrons. The van der Waals surface area contributed by atoms with Crippen LogP contribution in [0.3, 0.4) is 0 Å². The van der Waals surface area contributed by atoms with Gasteiger partial charge in [-0.15, -0.1) is 11.3 Å². The molecule has 0 saturated heterocycles. The molecule has 0 amide bonds. The van der Waals surface area contributed by atoms with Crippen LogP contribution >= 0.6 is 11.3 Å². The van der Waals surface area contributed by atoms with Crippen molar-refractivity contribution in [3.8, 4) is 0 Å².